The minimum Gasteiger partial charge on any atom is -0.453 e. The Morgan fingerprint density at radius 2 is 2.00 bits per heavy atom. The Hall–Kier alpha value is -1.10. The van der Waals surface area contributed by atoms with Crippen molar-refractivity contribution in [2.75, 3.05) is 0 Å². The molecule has 1 N–H and O–H groups in total. The molecule has 2 rings (SSSR count). The number of hydrogen-bond donors (Lipinski definition) is 1. The molecule has 0 amide bonds. The van der Waals surface area contributed by atoms with Crippen LogP contribution in [0.4, 0.5) is 4.39 Å². The van der Waals surface area contributed by atoms with Crippen LogP contribution in [0.3, 0.4) is 0 Å². The molecule has 2 aromatic carbocycles. The quantitative estimate of drug-likeness (QED) is 0.840. The number of ether oxygens (including phenoxy) is 1. The van der Waals surface area contributed by atoms with Crippen molar-refractivity contribution < 1.29 is 14.2 Å². The lowest BCUT2D eigenvalue weighted by Gasteiger charge is -2.11. The molecule has 0 saturated heterocycles. The van der Waals surface area contributed by atoms with Crippen LogP contribution in [0, 0.1) is 5.82 Å². The van der Waals surface area contributed by atoms with Crippen LogP contribution in [0.15, 0.2) is 40.9 Å². The SMILES string of the molecule is C[C@H](O)c1ccc(Oc2cccc(Cl)c2F)c(Br)c1. The molecule has 0 radical (unpaired) electrons. The molecule has 2 aromatic rings. The first kappa shape index (κ1) is 14.3. The van der Waals surface area contributed by atoms with Gasteiger partial charge >= 0.3 is 0 Å². The van der Waals surface area contributed by atoms with E-state index in [0.29, 0.717) is 10.2 Å². The zero-order chi connectivity index (χ0) is 14.0. The smallest absolute Gasteiger partial charge is 0.184 e. The summed E-state index contributed by atoms with van der Waals surface area (Å²) in [7, 11) is 0. The normalized spacial score (nSPS) is 12.3. The Labute approximate surface area is 123 Å². The van der Waals surface area contributed by atoms with Gasteiger partial charge < -0.3 is 9.84 Å². The van der Waals surface area contributed by atoms with Gasteiger partial charge in [-0.3, -0.25) is 0 Å². The number of aliphatic hydroxyl groups excluding tert-OH is 1. The molecule has 0 aliphatic heterocycles. The minimum absolute atomic E-state index is 0.00854. The molecule has 0 bridgehead atoms. The van der Waals surface area contributed by atoms with Gasteiger partial charge in [0.25, 0.3) is 0 Å². The average Bonchev–Trinajstić information content (AvgIpc) is 2.37. The second-order valence-electron chi connectivity index (χ2n) is 4.02. The summed E-state index contributed by atoms with van der Waals surface area (Å²) in [6, 6.07) is 9.66. The highest BCUT2D eigenvalue weighted by molar-refractivity contribution is 9.10. The number of aliphatic hydroxyl groups is 1. The van der Waals surface area contributed by atoms with Gasteiger partial charge in [-0.1, -0.05) is 23.7 Å². The number of halogens is 3. The van der Waals surface area contributed by atoms with E-state index in [4.69, 9.17) is 16.3 Å². The fourth-order valence-corrected chi connectivity index (χ4v) is 2.18. The van der Waals surface area contributed by atoms with Crippen LogP contribution in [0.25, 0.3) is 0 Å². The van der Waals surface area contributed by atoms with Gasteiger partial charge in [-0.05, 0) is 52.7 Å². The van der Waals surface area contributed by atoms with Crippen molar-refractivity contribution in [3.05, 3.63) is 57.3 Å². The van der Waals surface area contributed by atoms with Crippen LogP contribution in [0.1, 0.15) is 18.6 Å². The maximum absolute atomic E-state index is 13.7. The second-order valence-corrected chi connectivity index (χ2v) is 5.28. The first-order chi connectivity index (χ1) is 8.99. The summed E-state index contributed by atoms with van der Waals surface area (Å²) < 4.78 is 19.8. The molecule has 100 valence electrons. The average molecular weight is 346 g/mol. The Balaban J connectivity index is 2.31. The summed E-state index contributed by atoms with van der Waals surface area (Å²) in [6.45, 7) is 1.67. The van der Waals surface area contributed by atoms with Gasteiger partial charge in [0, 0.05) is 0 Å². The molecule has 0 aromatic heterocycles. The zero-order valence-electron chi connectivity index (χ0n) is 10.0. The van der Waals surface area contributed by atoms with Gasteiger partial charge in [-0.2, -0.15) is 0 Å². The number of rotatable bonds is 3. The van der Waals surface area contributed by atoms with Crippen LogP contribution in [-0.4, -0.2) is 5.11 Å². The van der Waals surface area contributed by atoms with Gasteiger partial charge in [0.05, 0.1) is 15.6 Å². The lowest BCUT2D eigenvalue weighted by atomic mass is 10.1. The monoisotopic (exact) mass is 344 g/mol. The predicted octanol–water partition coefficient (Wildman–Crippen LogP) is 5.09. The lowest BCUT2D eigenvalue weighted by Crippen LogP contribution is -1.93. The van der Waals surface area contributed by atoms with E-state index in [1.165, 1.54) is 12.1 Å². The molecule has 0 heterocycles. The van der Waals surface area contributed by atoms with E-state index in [0.717, 1.165) is 5.56 Å². The summed E-state index contributed by atoms with van der Waals surface area (Å²) in [5.41, 5.74) is 0.741. The molecule has 0 fully saturated rings. The fraction of sp³-hybridized carbons (Fsp3) is 0.143. The van der Waals surface area contributed by atoms with Crippen LogP contribution in [0.2, 0.25) is 5.02 Å². The van der Waals surface area contributed by atoms with E-state index in [-0.39, 0.29) is 10.8 Å². The van der Waals surface area contributed by atoms with Crippen molar-refractivity contribution in [1.29, 1.82) is 0 Å². The molecule has 2 nitrogen and oxygen atoms in total. The van der Waals surface area contributed by atoms with E-state index >= 15 is 0 Å². The van der Waals surface area contributed by atoms with Crippen LogP contribution >= 0.6 is 27.5 Å². The van der Waals surface area contributed by atoms with E-state index in [1.54, 1.807) is 31.2 Å². The minimum atomic E-state index is -0.601. The van der Waals surface area contributed by atoms with Gasteiger partial charge in [0.2, 0.25) is 0 Å². The molecule has 0 saturated carbocycles. The highest BCUT2D eigenvalue weighted by atomic mass is 79.9. The van der Waals surface area contributed by atoms with E-state index in [1.807, 2.05) is 0 Å². The molecule has 19 heavy (non-hydrogen) atoms. The van der Waals surface area contributed by atoms with Gasteiger partial charge in [-0.15, -0.1) is 0 Å². The van der Waals surface area contributed by atoms with Crippen molar-refractivity contribution in [2.24, 2.45) is 0 Å². The number of benzene rings is 2. The second kappa shape index (κ2) is 5.90. The van der Waals surface area contributed by atoms with Gasteiger partial charge in [-0.25, -0.2) is 4.39 Å². The molecule has 5 heteroatoms. The van der Waals surface area contributed by atoms with Crippen molar-refractivity contribution in [2.45, 2.75) is 13.0 Å². The molecular formula is C14H11BrClFO2. The number of hydrogen-bond acceptors (Lipinski definition) is 2. The molecule has 0 spiro atoms. The highest BCUT2D eigenvalue weighted by Crippen LogP contribution is 2.34. The summed E-state index contributed by atoms with van der Waals surface area (Å²) >= 11 is 9.01. The predicted molar refractivity (Wildman–Crippen MR) is 76.3 cm³/mol. The van der Waals surface area contributed by atoms with Gasteiger partial charge in [0.15, 0.2) is 11.6 Å². The molecule has 1 atom stereocenters. The van der Waals surface area contributed by atoms with E-state index < -0.39 is 11.9 Å². The van der Waals surface area contributed by atoms with E-state index in [9.17, 15) is 9.50 Å². The lowest BCUT2D eigenvalue weighted by molar-refractivity contribution is 0.199. The fourth-order valence-electron chi connectivity index (χ4n) is 1.54. The largest absolute Gasteiger partial charge is 0.453 e. The van der Waals surface area contributed by atoms with Crippen molar-refractivity contribution in [1.82, 2.24) is 0 Å². The molecule has 0 aliphatic carbocycles. The molecule has 0 unspecified atom stereocenters. The highest BCUT2D eigenvalue weighted by Gasteiger charge is 2.11. The maximum Gasteiger partial charge on any atom is 0.184 e. The Kier molecular flexibility index (Phi) is 4.45. The van der Waals surface area contributed by atoms with Crippen LogP contribution in [-0.2, 0) is 0 Å². The van der Waals surface area contributed by atoms with Crippen molar-refractivity contribution in [3.63, 3.8) is 0 Å². The van der Waals surface area contributed by atoms with E-state index in [2.05, 4.69) is 15.9 Å². The van der Waals surface area contributed by atoms with Crippen LogP contribution < -0.4 is 4.74 Å². The van der Waals surface area contributed by atoms with Crippen molar-refractivity contribution >= 4 is 27.5 Å². The Morgan fingerprint density at radius 3 is 2.63 bits per heavy atom. The standard InChI is InChI=1S/C14H11BrClFO2/c1-8(18)9-5-6-12(10(15)7-9)19-13-4-2-3-11(16)14(13)17/h2-8,18H,1H3/t8-/m0/s1. The van der Waals surface area contributed by atoms with Crippen molar-refractivity contribution in [3.8, 4) is 11.5 Å². The Morgan fingerprint density at radius 1 is 1.26 bits per heavy atom. The molecule has 0 aliphatic rings. The van der Waals surface area contributed by atoms with Crippen LogP contribution in [0.5, 0.6) is 11.5 Å². The first-order valence-electron chi connectivity index (χ1n) is 5.58. The summed E-state index contributed by atoms with van der Waals surface area (Å²) in [6.07, 6.45) is -0.576. The topological polar surface area (TPSA) is 29.5 Å². The summed E-state index contributed by atoms with van der Waals surface area (Å²) in [4.78, 5) is 0. The third-order valence-corrected chi connectivity index (χ3v) is 3.49. The summed E-state index contributed by atoms with van der Waals surface area (Å²) in [5, 5.41) is 9.48. The zero-order valence-corrected chi connectivity index (χ0v) is 12.4. The third-order valence-electron chi connectivity index (χ3n) is 2.57. The summed E-state index contributed by atoms with van der Waals surface area (Å²) in [5.74, 6) is -0.0979. The Bertz CT molecular complexity index is 602. The van der Waals surface area contributed by atoms with Gasteiger partial charge in [0.1, 0.15) is 5.75 Å². The third kappa shape index (κ3) is 3.26. The first-order valence-corrected chi connectivity index (χ1v) is 6.75. The molecular weight excluding hydrogens is 335 g/mol. The maximum atomic E-state index is 13.7.